The minimum Gasteiger partial charge on any atom is -0.207 e. The summed E-state index contributed by atoms with van der Waals surface area (Å²) in [5.41, 5.74) is 4.67. The van der Waals surface area contributed by atoms with Crippen LogP contribution < -0.4 is 0 Å². The molecule has 6 heteroatoms. The second-order valence-electron chi connectivity index (χ2n) is 6.66. The molecule has 0 saturated carbocycles. The maximum atomic E-state index is 12.9. The van der Waals surface area contributed by atoms with Crippen LogP contribution in [0.1, 0.15) is 12.5 Å². The molecule has 0 N–H and O–H groups in total. The van der Waals surface area contributed by atoms with Gasteiger partial charge in [0.05, 0.1) is 17.5 Å². The molecule has 0 fully saturated rings. The highest BCUT2D eigenvalue weighted by Crippen LogP contribution is 2.16. The van der Waals surface area contributed by atoms with Crippen molar-refractivity contribution in [2.45, 2.75) is 38.4 Å². The van der Waals surface area contributed by atoms with Crippen LogP contribution in [0.25, 0.3) is 0 Å². The van der Waals surface area contributed by atoms with Crippen molar-refractivity contribution in [1.29, 1.82) is 5.26 Å². The van der Waals surface area contributed by atoms with Crippen LogP contribution in [0.3, 0.4) is 0 Å². The number of nitrogens with zero attached hydrogens (tertiary/aromatic N) is 2. The van der Waals surface area contributed by atoms with E-state index in [9.17, 15) is 8.42 Å². The number of hydrogen-bond donors (Lipinski definition) is 0. The Morgan fingerprint density at radius 2 is 1.83 bits per heavy atom. The highest BCUT2D eigenvalue weighted by molar-refractivity contribution is 7.89. The lowest BCUT2D eigenvalue weighted by molar-refractivity contribution is 0.477. The van der Waals surface area contributed by atoms with Gasteiger partial charge in [-0.1, -0.05) is 49.3 Å². The summed E-state index contributed by atoms with van der Waals surface area (Å²) in [6, 6.07) is 8.76. The molecule has 0 amide bonds. The highest BCUT2D eigenvalue weighted by atomic mass is 32.2. The van der Waals surface area contributed by atoms with Crippen molar-refractivity contribution in [3.63, 3.8) is 0 Å². The van der Waals surface area contributed by atoms with Crippen molar-refractivity contribution in [2.24, 2.45) is 0 Å². The maximum absolute atomic E-state index is 12.9. The van der Waals surface area contributed by atoms with Gasteiger partial charge in [-0.3, -0.25) is 0 Å². The van der Waals surface area contributed by atoms with E-state index in [2.05, 4.69) is 31.1 Å². The Morgan fingerprint density at radius 3 is 2.33 bits per heavy atom. The smallest absolute Gasteiger partial charge is 0.207 e. The molecule has 0 atom stereocenters. The summed E-state index contributed by atoms with van der Waals surface area (Å²) < 4.78 is 27.0. The molecule has 0 spiro atoms. The van der Waals surface area contributed by atoms with Crippen molar-refractivity contribution in [3.8, 4) is 17.5 Å². The zero-order chi connectivity index (χ0) is 18.4. The largest absolute Gasteiger partial charge is 0.244 e. The third-order valence-electron chi connectivity index (χ3n) is 3.16. The molecule has 1 aromatic carbocycles. The first-order valence-corrected chi connectivity index (χ1v) is 12.6. The van der Waals surface area contributed by atoms with Gasteiger partial charge in [0, 0.05) is 12.1 Å². The Bertz CT molecular complexity index is 802. The molecule has 0 aliphatic heterocycles. The van der Waals surface area contributed by atoms with Gasteiger partial charge in [-0.05, 0) is 26.0 Å². The predicted octanol–water partition coefficient (Wildman–Crippen LogP) is 3.34. The molecule has 0 saturated heterocycles. The maximum Gasteiger partial charge on any atom is 0.244 e. The third kappa shape index (κ3) is 6.33. The number of rotatable bonds is 5. The van der Waals surface area contributed by atoms with E-state index in [0.29, 0.717) is 5.57 Å². The number of benzene rings is 1. The number of sulfonamides is 1. The topological polar surface area (TPSA) is 61.2 Å². The molecule has 0 aromatic heterocycles. The lowest BCUT2D eigenvalue weighted by Crippen LogP contribution is -2.32. The Morgan fingerprint density at radius 1 is 1.25 bits per heavy atom. The van der Waals surface area contributed by atoms with Crippen LogP contribution in [0.2, 0.25) is 19.6 Å². The van der Waals surface area contributed by atoms with E-state index in [0.717, 1.165) is 5.56 Å². The first kappa shape index (κ1) is 20.2. The summed E-state index contributed by atoms with van der Waals surface area (Å²) in [5, 5.41) is 8.87. The van der Waals surface area contributed by atoms with E-state index in [1.807, 2.05) is 13.0 Å². The molecule has 24 heavy (non-hydrogen) atoms. The lowest BCUT2D eigenvalue weighted by atomic mass is 10.2. The van der Waals surface area contributed by atoms with Gasteiger partial charge in [-0.2, -0.15) is 9.57 Å². The monoisotopic (exact) mass is 360 g/mol. The van der Waals surface area contributed by atoms with Gasteiger partial charge in [0.2, 0.25) is 10.0 Å². The average Bonchev–Trinajstić information content (AvgIpc) is 2.49. The van der Waals surface area contributed by atoms with E-state index in [1.165, 1.54) is 4.31 Å². The van der Waals surface area contributed by atoms with Crippen LogP contribution in [0, 0.1) is 29.7 Å². The summed E-state index contributed by atoms with van der Waals surface area (Å²) in [4.78, 5) is 0.242. The van der Waals surface area contributed by atoms with E-state index in [-0.39, 0.29) is 18.0 Å². The Kier molecular flexibility index (Phi) is 6.98. The molecule has 4 nitrogen and oxygen atoms in total. The number of hydrogen-bond acceptors (Lipinski definition) is 3. The normalized spacial score (nSPS) is 12.5. The van der Waals surface area contributed by atoms with Crippen molar-refractivity contribution in [2.75, 3.05) is 13.1 Å². The fraction of sp³-hybridized carbons (Fsp3) is 0.389. The molecule has 0 aliphatic rings. The molecule has 0 bridgehead atoms. The van der Waals surface area contributed by atoms with Crippen molar-refractivity contribution in [3.05, 3.63) is 41.5 Å². The molecule has 0 unspecified atom stereocenters. The van der Waals surface area contributed by atoms with Gasteiger partial charge in [-0.15, -0.1) is 5.54 Å². The predicted molar refractivity (Wildman–Crippen MR) is 100 cm³/mol. The molecular weight excluding hydrogens is 336 g/mol. The van der Waals surface area contributed by atoms with Crippen LogP contribution >= 0.6 is 0 Å². The van der Waals surface area contributed by atoms with Crippen molar-refractivity contribution >= 4 is 18.1 Å². The van der Waals surface area contributed by atoms with Crippen molar-refractivity contribution in [1.82, 2.24) is 4.31 Å². The molecule has 1 rings (SSSR count). The number of nitriles is 1. The fourth-order valence-electron chi connectivity index (χ4n) is 1.78. The molecule has 0 aliphatic carbocycles. The molecule has 128 valence electrons. The Hall–Kier alpha value is -1.86. The van der Waals surface area contributed by atoms with Gasteiger partial charge in [-0.25, -0.2) is 8.42 Å². The fourth-order valence-corrected chi connectivity index (χ4v) is 3.68. The van der Waals surface area contributed by atoms with Gasteiger partial charge < -0.3 is 0 Å². The van der Waals surface area contributed by atoms with Gasteiger partial charge in [0.25, 0.3) is 0 Å². The number of allylic oxidation sites excluding steroid dienone is 1. The van der Waals surface area contributed by atoms with Crippen LogP contribution in [0.15, 0.2) is 40.8 Å². The molecule has 1 aromatic rings. The summed E-state index contributed by atoms with van der Waals surface area (Å²) >= 11 is 0. The highest BCUT2D eigenvalue weighted by Gasteiger charge is 2.23. The molecular formula is C18H24N2O2SSi. The first-order valence-electron chi connectivity index (χ1n) is 7.70. The summed E-state index contributed by atoms with van der Waals surface area (Å²) in [5.74, 6) is 3.00. The van der Waals surface area contributed by atoms with E-state index < -0.39 is 18.1 Å². The zero-order valence-corrected chi connectivity index (χ0v) is 16.7. The van der Waals surface area contributed by atoms with Crippen LogP contribution in [0.5, 0.6) is 0 Å². The Balaban J connectivity index is 3.17. The van der Waals surface area contributed by atoms with Crippen molar-refractivity contribution < 1.29 is 8.42 Å². The van der Waals surface area contributed by atoms with E-state index >= 15 is 0 Å². The quantitative estimate of drug-likeness (QED) is 0.460. The van der Waals surface area contributed by atoms with E-state index in [4.69, 9.17) is 5.26 Å². The van der Waals surface area contributed by atoms with E-state index in [1.54, 1.807) is 37.3 Å². The first-order chi connectivity index (χ1) is 11.1. The lowest BCUT2D eigenvalue weighted by Gasteiger charge is -2.19. The second-order valence-corrected chi connectivity index (χ2v) is 13.3. The zero-order valence-electron chi connectivity index (χ0n) is 14.9. The van der Waals surface area contributed by atoms with Crippen LogP contribution in [-0.4, -0.2) is 33.9 Å². The molecule has 0 radical (unpaired) electrons. The standard InChI is InChI=1S/C18H24N2O2SSi/c1-16-7-9-18(10-8-16)23(21,22)20(13-11-17(2)15-19)12-6-14-24(3,4)5/h7-11H,12-13H2,1-5H3/b17-11+. The SMILES string of the molecule is C/C(C#N)=C\CN(CC#C[Si](C)(C)C)S(=O)(=O)c1ccc(C)cc1. The minimum absolute atomic E-state index is 0.121. The van der Waals surface area contributed by atoms with Gasteiger partial charge in [0.15, 0.2) is 0 Å². The van der Waals surface area contributed by atoms with Gasteiger partial charge in [0.1, 0.15) is 8.07 Å². The molecule has 0 heterocycles. The second kappa shape index (κ2) is 8.30. The van der Waals surface area contributed by atoms with Gasteiger partial charge >= 0.3 is 0 Å². The Labute approximate surface area is 146 Å². The van der Waals surface area contributed by atoms with Crippen LogP contribution in [0.4, 0.5) is 0 Å². The summed E-state index contributed by atoms with van der Waals surface area (Å²) in [6.45, 7) is 10.2. The summed E-state index contributed by atoms with van der Waals surface area (Å²) in [7, 11) is -5.22. The summed E-state index contributed by atoms with van der Waals surface area (Å²) in [6.07, 6.45) is 1.61. The minimum atomic E-state index is -3.65. The average molecular weight is 361 g/mol. The number of aryl methyl sites for hydroxylation is 1. The van der Waals surface area contributed by atoms with Crippen LogP contribution in [-0.2, 0) is 10.0 Å². The third-order valence-corrected chi connectivity index (χ3v) is 5.91.